The Morgan fingerprint density at radius 1 is 0.400 bits per heavy atom. The van der Waals surface area contributed by atoms with Gasteiger partial charge in [-0.05, 0) is 120 Å². The Morgan fingerprint density at radius 3 is 1.51 bits per heavy atom. The van der Waals surface area contributed by atoms with Crippen LogP contribution in [-0.2, 0) is 5.41 Å². The lowest BCUT2D eigenvalue weighted by Gasteiger charge is -2.43. The van der Waals surface area contributed by atoms with Crippen LogP contribution >= 0.6 is 15.9 Å². The van der Waals surface area contributed by atoms with Crippen LogP contribution in [0.5, 0.6) is 0 Å². The van der Waals surface area contributed by atoms with E-state index in [0.717, 1.165) is 17.1 Å². The average molecular weight is 769 g/mol. The summed E-state index contributed by atoms with van der Waals surface area (Å²) in [4.78, 5) is 2.42. The van der Waals surface area contributed by atoms with Crippen LogP contribution in [-0.4, -0.2) is 0 Å². The van der Waals surface area contributed by atoms with Gasteiger partial charge in [0.05, 0.1) is 0 Å². The van der Waals surface area contributed by atoms with Crippen molar-refractivity contribution in [3.8, 4) is 33.4 Å². The molecule has 262 valence electrons. The second-order valence-electron chi connectivity index (χ2n) is 15.7. The summed E-state index contributed by atoms with van der Waals surface area (Å²) in [6.45, 7) is 4.72. The highest BCUT2D eigenvalue weighted by Crippen LogP contribution is 2.59. The number of hydrogen-bond acceptors (Lipinski definition) is 1. The number of anilines is 3. The van der Waals surface area contributed by atoms with Crippen molar-refractivity contribution in [2.45, 2.75) is 31.1 Å². The first-order valence-corrected chi connectivity index (χ1v) is 20.1. The number of rotatable bonds is 5. The molecule has 4 aliphatic carbocycles. The SMILES string of the molecule is CC1(C)c2ccccc2-c2ccc(N(c3ccc(-c4ccccc4)cc3)c3ccc(-c4ccc(Br)c5c4C4c6ccccc6C5c5ccccc54)cc3)cc21. The smallest absolute Gasteiger partial charge is 0.0465 e. The van der Waals surface area contributed by atoms with Gasteiger partial charge in [0.1, 0.15) is 0 Å². The lowest BCUT2D eigenvalue weighted by atomic mass is 9.60. The Labute approximate surface area is 331 Å². The fourth-order valence-corrected chi connectivity index (χ4v) is 10.6. The summed E-state index contributed by atoms with van der Waals surface area (Å²) in [6, 6.07) is 67.6. The van der Waals surface area contributed by atoms with Crippen molar-refractivity contribution < 1.29 is 0 Å². The third-order valence-corrected chi connectivity index (χ3v) is 13.2. The molecule has 0 heterocycles. The minimum atomic E-state index is -0.0913. The highest BCUT2D eigenvalue weighted by molar-refractivity contribution is 9.10. The van der Waals surface area contributed by atoms with Gasteiger partial charge < -0.3 is 4.90 Å². The molecule has 0 amide bonds. The van der Waals surface area contributed by atoms with Gasteiger partial charge in [-0.15, -0.1) is 0 Å². The molecule has 0 fully saturated rings. The molecular formula is C53H38BrN. The second kappa shape index (κ2) is 12.3. The Bertz CT molecular complexity index is 2750. The maximum absolute atomic E-state index is 4.03. The minimum absolute atomic E-state index is 0.0913. The van der Waals surface area contributed by atoms with Crippen LogP contribution in [0.25, 0.3) is 33.4 Å². The molecule has 4 aliphatic rings. The van der Waals surface area contributed by atoms with E-state index in [1.54, 1.807) is 0 Å². The number of nitrogens with zero attached hydrogens (tertiary/aromatic N) is 1. The van der Waals surface area contributed by atoms with E-state index in [9.17, 15) is 0 Å². The molecule has 8 aromatic rings. The first-order valence-electron chi connectivity index (χ1n) is 19.3. The number of benzene rings is 8. The Kier molecular flexibility index (Phi) is 7.25. The summed E-state index contributed by atoms with van der Waals surface area (Å²) in [5.74, 6) is 0.406. The molecule has 0 aliphatic heterocycles. The summed E-state index contributed by atoms with van der Waals surface area (Å²) in [6.07, 6.45) is 0. The van der Waals surface area contributed by atoms with E-state index in [2.05, 4.69) is 217 Å². The summed E-state index contributed by atoms with van der Waals surface area (Å²) in [5, 5.41) is 0. The summed E-state index contributed by atoms with van der Waals surface area (Å²) < 4.78 is 1.19. The molecule has 0 radical (unpaired) electrons. The average Bonchev–Trinajstić information content (AvgIpc) is 3.47. The summed E-state index contributed by atoms with van der Waals surface area (Å²) in [7, 11) is 0. The topological polar surface area (TPSA) is 3.24 Å². The van der Waals surface area contributed by atoms with Crippen LogP contribution in [0.4, 0.5) is 17.1 Å². The van der Waals surface area contributed by atoms with Gasteiger partial charge in [-0.3, -0.25) is 0 Å². The lowest BCUT2D eigenvalue weighted by molar-refractivity contribution is 0.660. The predicted molar refractivity (Wildman–Crippen MR) is 232 cm³/mol. The summed E-state index contributed by atoms with van der Waals surface area (Å²) >= 11 is 4.03. The molecule has 55 heavy (non-hydrogen) atoms. The van der Waals surface area contributed by atoms with Crippen LogP contribution in [0.15, 0.2) is 186 Å². The zero-order valence-electron chi connectivity index (χ0n) is 30.8. The predicted octanol–water partition coefficient (Wildman–Crippen LogP) is 14.5. The van der Waals surface area contributed by atoms with E-state index in [1.165, 1.54) is 82.4 Å². The van der Waals surface area contributed by atoms with Crippen molar-refractivity contribution in [2.24, 2.45) is 0 Å². The highest BCUT2D eigenvalue weighted by atomic mass is 79.9. The van der Waals surface area contributed by atoms with E-state index in [4.69, 9.17) is 0 Å². The van der Waals surface area contributed by atoms with Crippen LogP contribution in [0.1, 0.15) is 70.2 Å². The molecule has 0 unspecified atom stereocenters. The van der Waals surface area contributed by atoms with Crippen LogP contribution < -0.4 is 4.90 Å². The zero-order valence-corrected chi connectivity index (χ0v) is 32.4. The van der Waals surface area contributed by atoms with Crippen LogP contribution in [0, 0.1) is 0 Å². The maximum Gasteiger partial charge on any atom is 0.0465 e. The van der Waals surface area contributed by atoms with E-state index in [1.807, 2.05) is 0 Å². The fraction of sp³-hybridized carbons (Fsp3) is 0.0943. The standard InChI is InChI=1S/C53H38BrN/c1-53(2)46-19-11-10-14-40(46)41-29-28-38(32-47(41)53)55(36-24-20-34(21-25-36)33-12-4-3-5-13-33)37-26-22-35(23-27-37)39-30-31-48(54)52-50-44-17-8-6-15-42(44)49(51(39)52)43-16-7-9-18-45(43)50/h3-32,49-50H,1-2H3. The normalized spacial score (nSPS) is 16.4. The highest BCUT2D eigenvalue weighted by Gasteiger charge is 2.43. The number of hydrogen-bond donors (Lipinski definition) is 0. The first kappa shape index (κ1) is 32.5. The van der Waals surface area contributed by atoms with E-state index in [0.29, 0.717) is 0 Å². The molecule has 8 aromatic carbocycles. The van der Waals surface area contributed by atoms with Crippen molar-refractivity contribution in [3.05, 3.63) is 231 Å². The van der Waals surface area contributed by atoms with Crippen molar-refractivity contribution in [1.82, 2.24) is 0 Å². The monoisotopic (exact) mass is 767 g/mol. The van der Waals surface area contributed by atoms with Gasteiger partial charge in [-0.1, -0.05) is 169 Å². The largest absolute Gasteiger partial charge is 0.310 e. The summed E-state index contributed by atoms with van der Waals surface area (Å²) in [5.41, 5.74) is 22.3. The molecule has 0 saturated heterocycles. The van der Waals surface area contributed by atoms with E-state index < -0.39 is 0 Å². The lowest BCUT2D eigenvalue weighted by Crippen LogP contribution is -2.28. The van der Waals surface area contributed by atoms with Gasteiger partial charge >= 0.3 is 0 Å². The van der Waals surface area contributed by atoms with E-state index >= 15 is 0 Å². The molecule has 0 aromatic heterocycles. The quantitative estimate of drug-likeness (QED) is 0.169. The third-order valence-electron chi connectivity index (χ3n) is 12.5. The van der Waals surface area contributed by atoms with Gasteiger partial charge in [-0.25, -0.2) is 0 Å². The zero-order chi connectivity index (χ0) is 36.8. The maximum atomic E-state index is 4.03. The van der Waals surface area contributed by atoms with Gasteiger partial charge in [0, 0.05) is 38.8 Å². The van der Waals surface area contributed by atoms with Gasteiger partial charge in [0.25, 0.3) is 0 Å². The number of halogens is 1. The second-order valence-corrected chi connectivity index (χ2v) is 16.6. The van der Waals surface area contributed by atoms with Crippen LogP contribution in [0.2, 0.25) is 0 Å². The Balaban J connectivity index is 1.04. The van der Waals surface area contributed by atoms with Crippen molar-refractivity contribution in [1.29, 1.82) is 0 Å². The van der Waals surface area contributed by atoms with Gasteiger partial charge in [0.2, 0.25) is 0 Å². The van der Waals surface area contributed by atoms with Crippen molar-refractivity contribution >= 4 is 33.0 Å². The van der Waals surface area contributed by atoms with E-state index in [-0.39, 0.29) is 17.3 Å². The third kappa shape index (κ3) is 4.84. The van der Waals surface area contributed by atoms with Gasteiger partial charge in [0.15, 0.2) is 0 Å². The molecule has 0 spiro atoms. The molecule has 2 heteroatoms. The molecule has 0 saturated carbocycles. The molecule has 0 N–H and O–H groups in total. The minimum Gasteiger partial charge on any atom is -0.310 e. The molecule has 12 rings (SSSR count). The molecule has 0 atom stereocenters. The number of fused-ring (bicyclic) bond motifs is 3. The molecular weight excluding hydrogens is 730 g/mol. The molecule has 2 bridgehead atoms. The Morgan fingerprint density at radius 2 is 0.873 bits per heavy atom. The molecule has 1 nitrogen and oxygen atoms in total. The van der Waals surface area contributed by atoms with Crippen LogP contribution in [0.3, 0.4) is 0 Å². The van der Waals surface area contributed by atoms with Crippen molar-refractivity contribution in [2.75, 3.05) is 4.90 Å². The van der Waals surface area contributed by atoms with Crippen molar-refractivity contribution in [3.63, 3.8) is 0 Å². The Hall–Kier alpha value is -5.96. The fourth-order valence-electron chi connectivity index (χ4n) is 10.00. The van der Waals surface area contributed by atoms with Gasteiger partial charge in [-0.2, -0.15) is 0 Å². The first-order chi connectivity index (χ1) is 27.0.